The topological polar surface area (TPSA) is 51.8 Å². The van der Waals surface area contributed by atoms with Crippen LogP contribution in [0.15, 0.2) is 23.6 Å². The third-order valence-electron chi connectivity index (χ3n) is 2.05. The lowest BCUT2D eigenvalue weighted by Gasteiger charge is -2.06. The highest BCUT2D eigenvalue weighted by Gasteiger charge is 2.08. The largest absolute Gasteiger partial charge is 0.322 e. The van der Waals surface area contributed by atoms with Gasteiger partial charge in [-0.15, -0.1) is 11.3 Å². The zero-order chi connectivity index (χ0) is 10.8. The van der Waals surface area contributed by atoms with Crippen LogP contribution in [0.4, 0.5) is 0 Å². The minimum absolute atomic E-state index is 0.122. The molecule has 15 heavy (non-hydrogen) atoms. The van der Waals surface area contributed by atoms with E-state index in [2.05, 4.69) is 16.0 Å². The van der Waals surface area contributed by atoms with Crippen LogP contribution in [-0.4, -0.2) is 9.97 Å². The second kappa shape index (κ2) is 4.08. The summed E-state index contributed by atoms with van der Waals surface area (Å²) in [6.45, 7) is 3.86. The van der Waals surface area contributed by atoms with Gasteiger partial charge in [-0.2, -0.15) is 0 Å². The number of nitrogens with two attached hydrogens (primary N) is 1. The quantitative estimate of drug-likeness (QED) is 0.844. The van der Waals surface area contributed by atoms with Gasteiger partial charge in [-0.05, 0) is 31.4 Å². The van der Waals surface area contributed by atoms with Crippen LogP contribution in [0.5, 0.6) is 0 Å². The van der Waals surface area contributed by atoms with Crippen LogP contribution in [0.25, 0.3) is 10.6 Å². The monoisotopic (exact) mass is 219 g/mol. The summed E-state index contributed by atoms with van der Waals surface area (Å²) in [4.78, 5) is 9.92. The Labute approximate surface area is 93.0 Å². The van der Waals surface area contributed by atoms with E-state index in [1.54, 1.807) is 11.3 Å². The van der Waals surface area contributed by atoms with Gasteiger partial charge in [0.25, 0.3) is 0 Å². The second-order valence-corrected chi connectivity index (χ2v) is 4.47. The number of rotatable bonds is 2. The molecule has 1 unspecified atom stereocenters. The lowest BCUT2D eigenvalue weighted by Crippen LogP contribution is -2.11. The molecule has 0 aliphatic heterocycles. The second-order valence-electron chi connectivity index (χ2n) is 3.52. The molecule has 0 aromatic carbocycles. The first-order valence-electron chi connectivity index (χ1n) is 4.82. The van der Waals surface area contributed by atoms with Gasteiger partial charge in [0, 0.05) is 5.69 Å². The normalized spacial score (nSPS) is 12.7. The molecule has 0 saturated heterocycles. The van der Waals surface area contributed by atoms with Crippen LogP contribution in [0.1, 0.15) is 24.5 Å². The van der Waals surface area contributed by atoms with Crippen LogP contribution in [-0.2, 0) is 0 Å². The first-order chi connectivity index (χ1) is 7.16. The van der Waals surface area contributed by atoms with Crippen LogP contribution < -0.4 is 5.73 Å². The number of aryl methyl sites for hydroxylation is 1. The molecule has 0 spiro atoms. The van der Waals surface area contributed by atoms with Crippen molar-refractivity contribution in [2.75, 3.05) is 0 Å². The molecule has 2 N–H and O–H groups in total. The van der Waals surface area contributed by atoms with E-state index in [9.17, 15) is 0 Å². The SMILES string of the molecule is Cc1cc(-c2cccs2)nc(C(C)N)n1. The minimum atomic E-state index is -0.122. The van der Waals surface area contributed by atoms with Crippen LogP contribution in [0.3, 0.4) is 0 Å². The van der Waals surface area contributed by atoms with Gasteiger partial charge >= 0.3 is 0 Å². The molecule has 3 nitrogen and oxygen atoms in total. The van der Waals surface area contributed by atoms with E-state index >= 15 is 0 Å². The summed E-state index contributed by atoms with van der Waals surface area (Å²) >= 11 is 1.67. The Kier molecular flexibility index (Phi) is 2.79. The molecule has 0 aliphatic rings. The third kappa shape index (κ3) is 2.22. The molecule has 2 aromatic heterocycles. The number of hydrogen-bond acceptors (Lipinski definition) is 4. The van der Waals surface area contributed by atoms with Crippen LogP contribution in [0.2, 0.25) is 0 Å². The van der Waals surface area contributed by atoms with E-state index in [4.69, 9.17) is 5.73 Å². The van der Waals surface area contributed by atoms with Gasteiger partial charge in [-0.1, -0.05) is 6.07 Å². The maximum Gasteiger partial charge on any atom is 0.145 e. The molecule has 0 saturated carbocycles. The summed E-state index contributed by atoms with van der Waals surface area (Å²) in [6.07, 6.45) is 0. The molecule has 2 rings (SSSR count). The Morgan fingerprint density at radius 3 is 2.80 bits per heavy atom. The summed E-state index contributed by atoms with van der Waals surface area (Å²) in [7, 11) is 0. The smallest absolute Gasteiger partial charge is 0.145 e. The summed E-state index contributed by atoms with van der Waals surface area (Å²) in [5.41, 5.74) is 7.71. The maximum absolute atomic E-state index is 5.78. The van der Waals surface area contributed by atoms with Crippen molar-refractivity contribution in [2.45, 2.75) is 19.9 Å². The zero-order valence-electron chi connectivity index (χ0n) is 8.77. The summed E-state index contributed by atoms with van der Waals surface area (Å²) in [5, 5.41) is 2.04. The number of aromatic nitrogens is 2. The standard InChI is InChI=1S/C11H13N3S/c1-7-6-9(10-4-3-5-15-10)14-11(13-7)8(2)12/h3-6,8H,12H2,1-2H3. The maximum atomic E-state index is 5.78. The highest BCUT2D eigenvalue weighted by molar-refractivity contribution is 7.13. The van der Waals surface area contributed by atoms with E-state index in [1.807, 2.05) is 31.4 Å². The number of thiophene rings is 1. The average Bonchev–Trinajstić information content (AvgIpc) is 2.69. The Morgan fingerprint density at radius 2 is 2.20 bits per heavy atom. The molecule has 0 radical (unpaired) electrons. The van der Waals surface area contributed by atoms with Crippen molar-refractivity contribution < 1.29 is 0 Å². The van der Waals surface area contributed by atoms with E-state index < -0.39 is 0 Å². The zero-order valence-corrected chi connectivity index (χ0v) is 9.58. The summed E-state index contributed by atoms with van der Waals surface area (Å²) in [6, 6.07) is 5.93. The number of hydrogen-bond donors (Lipinski definition) is 1. The third-order valence-corrected chi connectivity index (χ3v) is 2.94. The van der Waals surface area contributed by atoms with E-state index in [0.717, 1.165) is 16.3 Å². The lowest BCUT2D eigenvalue weighted by atomic mass is 10.2. The van der Waals surface area contributed by atoms with Crippen molar-refractivity contribution in [3.8, 4) is 10.6 Å². The van der Waals surface area contributed by atoms with Crippen molar-refractivity contribution in [3.63, 3.8) is 0 Å². The Bertz CT molecular complexity index is 449. The molecule has 0 bridgehead atoms. The molecular weight excluding hydrogens is 206 g/mol. The van der Waals surface area contributed by atoms with Crippen LogP contribution in [0, 0.1) is 6.92 Å². The van der Waals surface area contributed by atoms with Gasteiger partial charge in [0.05, 0.1) is 16.6 Å². The van der Waals surface area contributed by atoms with Crippen molar-refractivity contribution in [3.05, 3.63) is 35.1 Å². The van der Waals surface area contributed by atoms with Gasteiger partial charge in [0.15, 0.2) is 0 Å². The van der Waals surface area contributed by atoms with Gasteiger partial charge in [0.2, 0.25) is 0 Å². The van der Waals surface area contributed by atoms with Crippen molar-refractivity contribution in [2.24, 2.45) is 5.73 Å². The average molecular weight is 219 g/mol. The first-order valence-corrected chi connectivity index (χ1v) is 5.70. The van der Waals surface area contributed by atoms with Gasteiger partial charge in [-0.3, -0.25) is 0 Å². The first kappa shape index (κ1) is 10.3. The highest BCUT2D eigenvalue weighted by atomic mass is 32.1. The molecule has 2 heterocycles. The Balaban J connectivity index is 2.49. The van der Waals surface area contributed by atoms with Gasteiger partial charge < -0.3 is 5.73 Å². The van der Waals surface area contributed by atoms with Gasteiger partial charge in [-0.25, -0.2) is 9.97 Å². The van der Waals surface area contributed by atoms with E-state index in [1.165, 1.54) is 0 Å². The fourth-order valence-electron chi connectivity index (χ4n) is 1.35. The molecule has 78 valence electrons. The summed E-state index contributed by atoms with van der Waals surface area (Å²) < 4.78 is 0. The Hall–Kier alpha value is -1.26. The van der Waals surface area contributed by atoms with Crippen molar-refractivity contribution in [1.82, 2.24) is 9.97 Å². The van der Waals surface area contributed by atoms with Crippen molar-refractivity contribution in [1.29, 1.82) is 0 Å². The molecule has 0 amide bonds. The van der Waals surface area contributed by atoms with E-state index in [-0.39, 0.29) is 6.04 Å². The minimum Gasteiger partial charge on any atom is -0.322 e. The predicted octanol–water partition coefficient (Wildman–Crippen LogP) is 2.53. The van der Waals surface area contributed by atoms with Crippen LogP contribution >= 0.6 is 11.3 Å². The lowest BCUT2D eigenvalue weighted by molar-refractivity contribution is 0.735. The molecule has 4 heteroatoms. The van der Waals surface area contributed by atoms with Gasteiger partial charge in [0.1, 0.15) is 5.82 Å². The predicted molar refractivity (Wildman–Crippen MR) is 62.7 cm³/mol. The molecule has 0 aliphatic carbocycles. The highest BCUT2D eigenvalue weighted by Crippen LogP contribution is 2.23. The number of nitrogens with zero attached hydrogens (tertiary/aromatic N) is 2. The molecule has 0 fully saturated rings. The molecule has 1 atom stereocenters. The fourth-order valence-corrected chi connectivity index (χ4v) is 2.03. The fraction of sp³-hybridized carbons (Fsp3) is 0.273. The van der Waals surface area contributed by atoms with E-state index in [0.29, 0.717) is 5.82 Å². The molecular formula is C11H13N3S. The molecule has 2 aromatic rings. The van der Waals surface area contributed by atoms with Crippen molar-refractivity contribution >= 4 is 11.3 Å². The summed E-state index contributed by atoms with van der Waals surface area (Å²) in [5.74, 6) is 0.707. The Morgan fingerprint density at radius 1 is 1.40 bits per heavy atom.